The number of benzene rings is 1. The molecule has 0 unspecified atom stereocenters. The van der Waals surface area contributed by atoms with Gasteiger partial charge in [-0.1, -0.05) is 42.0 Å². The summed E-state index contributed by atoms with van der Waals surface area (Å²) in [7, 11) is 0. The van der Waals surface area contributed by atoms with E-state index in [9.17, 15) is 18.0 Å². The van der Waals surface area contributed by atoms with Gasteiger partial charge < -0.3 is 0 Å². The van der Waals surface area contributed by atoms with Gasteiger partial charge in [0, 0.05) is 35.3 Å². The number of alkyl halides is 3. The van der Waals surface area contributed by atoms with Crippen LogP contribution in [0.5, 0.6) is 0 Å². The van der Waals surface area contributed by atoms with Crippen LogP contribution in [-0.4, -0.2) is 29.4 Å². The third-order valence-electron chi connectivity index (χ3n) is 5.37. The first-order valence-corrected chi connectivity index (χ1v) is 10.3. The predicted molar refractivity (Wildman–Crippen MR) is 119 cm³/mol. The SMILES string of the molecule is Cc1ccc(-c2cnn3c(=O)n(Cc4ccc(C(F)(F)F)nc4)nc3c2-c2cccnc2)cc1. The van der Waals surface area contributed by atoms with Crippen LogP contribution in [0, 0.1) is 6.92 Å². The third-order valence-corrected chi connectivity index (χ3v) is 5.37. The molecule has 10 heteroatoms. The highest BCUT2D eigenvalue weighted by atomic mass is 19.4. The Labute approximate surface area is 191 Å². The second kappa shape index (κ2) is 8.22. The van der Waals surface area contributed by atoms with E-state index in [2.05, 4.69) is 20.2 Å². The van der Waals surface area contributed by atoms with E-state index in [-0.39, 0.29) is 6.54 Å². The number of fused-ring (bicyclic) bond motifs is 1. The average Bonchev–Trinajstić information content (AvgIpc) is 3.14. The minimum atomic E-state index is -4.53. The Morgan fingerprint density at radius 1 is 0.941 bits per heavy atom. The largest absolute Gasteiger partial charge is 0.433 e. The Bertz CT molecular complexity index is 1520. The highest BCUT2D eigenvalue weighted by Gasteiger charge is 2.32. The summed E-state index contributed by atoms with van der Waals surface area (Å²) < 4.78 is 40.8. The van der Waals surface area contributed by atoms with Gasteiger partial charge in [-0.25, -0.2) is 9.48 Å². The molecule has 0 aliphatic heterocycles. The monoisotopic (exact) mass is 462 g/mol. The minimum absolute atomic E-state index is 0.0559. The zero-order valence-electron chi connectivity index (χ0n) is 17.9. The van der Waals surface area contributed by atoms with Crippen molar-refractivity contribution in [2.24, 2.45) is 0 Å². The lowest BCUT2D eigenvalue weighted by Gasteiger charge is -2.10. The van der Waals surface area contributed by atoms with Crippen molar-refractivity contribution < 1.29 is 13.2 Å². The van der Waals surface area contributed by atoms with Gasteiger partial charge in [-0.3, -0.25) is 9.97 Å². The summed E-state index contributed by atoms with van der Waals surface area (Å²) in [6, 6.07) is 13.7. The predicted octanol–water partition coefficient (Wildman–Crippen LogP) is 4.39. The van der Waals surface area contributed by atoms with Crippen molar-refractivity contribution in [2.75, 3.05) is 0 Å². The maximum Gasteiger partial charge on any atom is 0.433 e. The lowest BCUT2D eigenvalue weighted by molar-refractivity contribution is -0.141. The van der Waals surface area contributed by atoms with Crippen LogP contribution in [0.3, 0.4) is 0 Å². The smallest absolute Gasteiger partial charge is 0.264 e. The number of halogens is 3. The normalized spacial score (nSPS) is 11.8. The molecule has 0 saturated heterocycles. The molecule has 0 fully saturated rings. The molecule has 5 rings (SSSR count). The van der Waals surface area contributed by atoms with Crippen LogP contribution in [0.25, 0.3) is 27.9 Å². The van der Waals surface area contributed by atoms with Crippen LogP contribution in [-0.2, 0) is 12.7 Å². The summed E-state index contributed by atoms with van der Waals surface area (Å²) in [6.45, 7) is 1.93. The molecule has 0 saturated carbocycles. The van der Waals surface area contributed by atoms with Gasteiger partial charge in [0.15, 0.2) is 5.65 Å². The fraction of sp³-hybridized carbons (Fsp3) is 0.125. The van der Waals surface area contributed by atoms with Crippen molar-refractivity contribution in [3.8, 4) is 22.3 Å². The van der Waals surface area contributed by atoms with Crippen molar-refractivity contribution in [1.82, 2.24) is 29.4 Å². The first-order chi connectivity index (χ1) is 16.3. The van der Waals surface area contributed by atoms with Crippen molar-refractivity contribution in [3.05, 3.63) is 101 Å². The van der Waals surface area contributed by atoms with Crippen molar-refractivity contribution >= 4 is 5.65 Å². The van der Waals surface area contributed by atoms with E-state index in [4.69, 9.17) is 0 Å². The number of rotatable bonds is 4. The molecule has 0 bridgehead atoms. The van der Waals surface area contributed by atoms with Gasteiger partial charge in [0.05, 0.1) is 12.7 Å². The number of hydrogen-bond acceptors (Lipinski definition) is 5. The van der Waals surface area contributed by atoms with Gasteiger partial charge in [-0.15, -0.1) is 5.10 Å². The third kappa shape index (κ3) is 3.94. The summed E-state index contributed by atoms with van der Waals surface area (Å²) in [6.07, 6.45) is 1.49. The van der Waals surface area contributed by atoms with E-state index in [1.165, 1.54) is 10.6 Å². The molecule has 0 amide bonds. The van der Waals surface area contributed by atoms with Gasteiger partial charge in [0.1, 0.15) is 5.69 Å². The molecule has 5 aromatic rings. The number of aromatic nitrogens is 6. The Morgan fingerprint density at radius 3 is 2.38 bits per heavy atom. The van der Waals surface area contributed by atoms with E-state index in [1.807, 2.05) is 37.3 Å². The van der Waals surface area contributed by atoms with Crippen molar-refractivity contribution in [2.45, 2.75) is 19.6 Å². The van der Waals surface area contributed by atoms with Gasteiger partial charge in [0.2, 0.25) is 0 Å². The molecular formula is C24H17F3N6O. The molecule has 0 aliphatic carbocycles. The molecular weight excluding hydrogens is 445 g/mol. The molecule has 4 aromatic heterocycles. The second-order valence-corrected chi connectivity index (χ2v) is 7.77. The van der Waals surface area contributed by atoms with E-state index < -0.39 is 17.6 Å². The highest BCUT2D eigenvalue weighted by molar-refractivity contribution is 5.90. The summed E-state index contributed by atoms with van der Waals surface area (Å²) in [5, 5.41) is 8.80. The second-order valence-electron chi connectivity index (χ2n) is 7.77. The summed E-state index contributed by atoms with van der Waals surface area (Å²) >= 11 is 0. The van der Waals surface area contributed by atoms with Gasteiger partial charge in [-0.05, 0) is 30.2 Å². The Hall–Kier alpha value is -4.34. The molecule has 34 heavy (non-hydrogen) atoms. The molecule has 0 atom stereocenters. The average molecular weight is 462 g/mol. The highest BCUT2D eigenvalue weighted by Crippen LogP contribution is 2.33. The van der Waals surface area contributed by atoms with E-state index >= 15 is 0 Å². The lowest BCUT2D eigenvalue weighted by atomic mass is 9.97. The standard InChI is InChI=1S/C24H17F3N6O/c1-15-4-7-17(8-5-15)19-13-30-33-22(21(19)18-3-2-10-28-12-18)31-32(23(33)34)14-16-6-9-20(29-11-16)24(25,26)27/h2-13H,14H2,1H3. The Kier molecular flexibility index (Phi) is 5.20. The summed E-state index contributed by atoms with van der Waals surface area (Å²) in [5.41, 5.74) is 3.40. The van der Waals surface area contributed by atoms with Gasteiger partial charge in [-0.2, -0.15) is 22.8 Å². The molecule has 1 aromatic carbocycles. The van der Waals surface area contributed by atoms with Gasteiger partial charge >= 0.3 is 11.9 Å². The Balaban J connectivity index is 1.65. The molecule has 0 spiro atoms. The number of aryl methyl sites for hydroxylation is 1. The van der Waals surface area contributed by atoms with E-state index in [0.717, 1.165) is 39.2 Å². The summed E-state index contributed by atoms with van der Waals surface area (Å²) in [4.78, 5) is 20.7. The number of nitrogens with zero attached hydrogens (tertiary/aromatic N) is 6. The molecule has 0 N–H and O–H groups in total. The van der Waals surface area contributed by atoms with E-state index in [1.54, 1.807) is 24.7 Å². The summed E-state index contributed by atoms with van der Waals surface area (Å²) in [5.74, 6) is 0. The lowest BCUT2D eigenvalue weighted by Crippen LogP contribution is -2.23. The first kappa shape index (κ1) is 21.5. The zero-order valence-corrected chi connectivity index (χ0v) is 17.9. The molecule has 0 aliphatic rings. The van der Waals surface area contributed by atoms with Crippen molar-refractivity contribution in [3.63, 3.8) is 0 Å². The fourth-order valence-corrected chi connectivity index (χ4v) is 3.67. The van der Waals surface area contributed by atoms with Crippen LogP contribution in [0.2, 0.25) is 0 Å². The van der Waals surface area contributed by atoms with Crippen LogP contribution in [0.4, 0.5) is 13.2 Å². The molecule has 0 radical (unpaired) electrons. The van der Waals surface area contributed by atoms with Crippen LogP contribution < -0.4 is 5.69 Å². The van der Waals surface area contributed by atoms with Crippen molar-refractivity contribution in [1.29, 1.82) is 0 Å². The number of pyridine rings is 2. The molecule has 7 nitrogen and oxygen atoms in total. The van der Waals surface area contributed by atoms with Gasteiger partial charge in [0.25, 0.3) is 0 Å². The first-order valence-electron chi connectivity index (χ1n) is 10.3. The zero-order chi connectivity index (χ0) is 23.9. The Morgan fingerprint density at radius 2 is 1.74 bits per heavy atom. The maximum absolute atomic E-state index is 13.0. The van der Waals surface area contributed by atoms with E-state index in [0.29, 0.717) is 16.8 Å². The molecule has 4 heterocycles. The maximum atomic E-state index is 13.0. The minimum Gasteiger partial charge on any atom is -0.264 e. The van der Waals surface area contributed by atoms with Crippen LogP contribution in [0.15, 0.2) is 78.1 Å². The fourth-order valence-electron chi connectivity index (χ4n) is 3.67. The molecule has 170 valence electrons. The topological polar surface area (TPSA) is 78.0 Å². The van der Waals surface area contributed by atoms with Crippen LogP contribution in [0.1, 0.15) is 16.8 Å². The number of hydrogen-bond donors (Lipinski definition) is 0. The van der Waals surface area contributed by atoms with Crippen LogP contribution >= 0.6 is 0 Å². The quantitative estimate of drug-likeness (QED) is 0.396.